The summed E-state index contributed by atoms with van der Waals surface area (Å²) in [6.45, 7) is 3.64. The fourth-order valence-electron chi connectivity index (χ4n) is 0.914. The van der Waals surface area contributed by atoms with E-state index in [0.717, 1.165) is 13.0 Å². The maximum Gasteiger partial charge on any atom is 0.101 e. The van der Waals surface area contributed by atoms with Gasteiger partial charge in [-0.2, -0.15) is 0 Å². The van der Waals surface area contributed by atoms with Gasteiger partial charge in [-0.25, -0.2) is 0 Å². The number of aliphatic hydroxyl groups excluding tert-OH is 1. The summed E-state index contributed by atoms with van der Waals surface area (Å²) < 4.78 is 9.97. The maximum atomic E-state index is 9.16. The fraction of sp³-hybridized carbons (Fsp3) is 1.00. The van der Waals surface area contributed by atoms with Crippen molar-refractivity contribution >= 4 is 0 Å². The molecule has 0 saturated carbocycles. The molecule has 1 atom stereocenters. The first-order chi connectivity index (χ1) is 5.81. The van der Waals surface area contributed by atoms with E-state index >= 15 is 0 Å². The highest BCUT2D eigenvalue weighted by Gasteiger charge is 2.01. The van der Waals surface area contributed by atoms with Gasteiger partial charge in [-0.1, -0.05) is 19.8 Å². The van der Waals surface area contributed by atoms with Crippen molar-refractivity contribution in [3.05, 3.63) is 0 Å². The van der Waals surface area contributed by atoms with Crippen LogP contribution in [0.4, 0.5) is 0 Å². The molecule has 0 aromatic heterocycles. The smallest absolute Gasteiger partial charge is 0.101 e. The standard InChI is InChI=1S/C9H20O3/c1-3-4-5-6-12-8-9(10)7-11-2/h9-10H,3-8H2,1-2H3/t9-/m1/s1. The van der Waals surface area contributed by atoms with Crippen molar-refractivity contribution in [2.75, 3.05) is 26.9 Å². The Morgan fingerprint density at radius 2 is 2.00 bits per heavy atom. The van der Waals surface area contributed by atoms with E-state index in [1.165, 1.54) is 12.8 Å². The molecule has 0 unspecified atom stereocenters. The highest BCUT2D eigenvalue weighted by molar-refractivity contribution is 4.50. The van der Waals surface area contributed by atoms with Gasteiger partial charge in [0.05, 0.1) is 13.2 Å². The summed E-state index contributed by atoms with van der Waals surface area (Å²) >= 11 is 0. The van der Waals surface area contributed by atoms with Gasteiger partial charge in [-0.3, -0.25) is 0 Å². The Balaban J connectivity index is 2.97. The van der Waals surface area contributed by atoms with Crippen LogP contribution in [0.5, 0.6) is 0 Å². The number of unbranched alkanes of at least 4 members (excludes halogenated alkanes) is 2. The Morgan fingerprint density at radius 1 is 1.25 bits per heavy atom. The maximum absolute atomic E-state index is 9.16. The normalized spacial score (nSPS) is 13.2. The zero-order valence-electron chi connectivity index (χ0n) is 8.08. The van der Waals surface area contributed by atoms with Crippen molar-refractivity contribution in [2.24, 2.45) is 0 Å². The van der Waals surface area contributed by atoms with E-state index in [4.69, 9.17) is 14.6 Å². The second-order valence-corrected chi connectivity index (χ2v) is 2.89. The predicted molar refractivity (Wildman–Crippen MR) is 48.2 cm³/mol. The van der Waals surface area contributed by atoms with Crippen molar-refractivity contribution in [3.8, 4) is 0 Å². The van der Waals surface area contributed by atoms with Gasteiger partial charge in [0, 0.05) is 13.7 Å². The molecule has 3 heteroatoms. The quantitative estimate of drug-likeness (QED) is 0.565. The molecule has 0 aliphatic heterocycles. The third kappa shape index (κ3) is 7.98. The minimum atomic E-state index is -0.475. The van der Waals surface area contributed by atoms with Gasteiger partial charge in [0.1, 0.15) is 6.10 Å². The summed E-state index contributed by atoms with van der Waals surface area (Å²) in [7, 11) is 1.57. The first-order valence-electron chi connectivity index (χ1n) is 4.56. The van der Waals surface area contributed by atoms with Crippen LogP contribution in [0.15, 0.2) is 0 Å². The Bertz CT molecular complexity index is 85.8. The molecule has 0 fully saturated rings. The van der Waals surface area contributed by atoms with Crippen LogP contribution in [0.2, 0.25) is 0 Å². The molecule has 0 bridgehead atoms. The molecule has 0 aliphatic carbocycles. The number of ether oxygens (including phenoxy) is 2. The van der Waals surface area contributed by atoms with E-state index in [2.05, 4.69) is 6.92 Å². The number of hydrogen-bond donors (Lipinski definition) is 1. The first-order valence-corrected chi connectivity index (χ1v) is 4.56. The Morgan fingerprint density at radius 3 is 2.58 bits per heavy atom. The summed E-state index contributed by atoms with van der Waals surface area (Å²) in [5.74, 6) is 0. The molecule has 0 aromatic carbocycles. The van der Waals surface area contributed by atoms with Gasteiger partial charge in [0.15, 0.2) is 0 Å². The minimum absolute atomic E-state index is 0.355. The minimum Gasteiger partial charge on any atom is -0.388 e. The molecular weight excluding hydrogens is 156 g/mol. The summed E-state index contributed by atoms with van der Waals surface area (Å²) in [4.78, 5) is 0. The molecular formula is C9H20O3. The summed E-state index contributed by atoms with van der Waals surface area (Å²) in [6.07, 6.45) is 3.00. The number of hydrogen-bond acceptors (Lipinski definition) is 3. The third-order valence-corrected chi connectivity index (χ3v) is 1.56. The van der Waals surface area contributed by atoms with E-state index in [1.807, 2.05) is 0 Å². The number of aliphatic hydroxyl groups is 1. The van der Waals surface area contributed by atoms with Crippen LogP contribution in [0.3, 0.4) is 0 Å². The van der Waals surface area contributed by atoms with Crippen LogP contribution in [0.25, 0.3) is 0 Å². The van der Waals surface area contributed by atoms with E-state index in [9.17, 15) is 0 Å². The van der Waals surface area contributed by atoms with E-state index < -0.39 is 6.10 Å². The summed E-state index contributed by atoms with van der Waals surface area (Å²) in [5, 5.41) is 9.16. The molecule has 3 nitrogen and oxygen atoms in total. The topological polar surface area (TPSA) is 38.7 Å². The van der Waals surface area contributed by atoms with E-state index in [0.29, 0.717) is 13.2 Å². The van der Waals surface area contributed by atoms with Gasteiger partial charge < -0.3 is 14.6 Å². The average molecular weight is 176 g/mol. The monoisotopic (exact) mass is 176 g/mol. The average Bonchev–Trinajstić information content (AvgIpc) is 2.05. The van der Waals surface area contributed by atoms with Crippen LogP contribution in [-0.2, 0) is 9.47 Å². The zero-order valence-corrected chi connectivity index (χ0v) is 8.08. The number of rotatable bonds is 8. The molecule has 0 rings (SSSR count). The number of methoxy groups -OCH3 is 1. The lowest BCUT2D eigenvalue weighted by atomic mass is 10.3. The van der Waals surface area contributed by atoms with Crippen LogP contribution < -0.4 is 0 Å². The second kappa shape index (κ2) is 8.97. The fourth-order valence-corrected chi connectivity index (χ4v) is 0.914. The molecule has 74 valence electrons. The highest BCUT2D eigenvalue weighted by Crippen LogP contribution is 1.95. The molecule has 0 saturated heterocycles. The molecule has 0 aromatic rings. The van der Waals surface area contributed by atoms with Crippen molar-refractivity contribution in [1.82, 2.24) is 0 Å². The van der Waals surface area contributed by atoms with Crippen molar-refractivity contribution < 1.29 is 14.6 Å². The Labute approximate surface area is 74.7 Å². The van der Waals surface area contributed by atoms with Gasteiger partial charge in [0.2, 0.25) is 0 Å². The molecule has 0 amide bonds. The molecule has 0 heterocycles. The van der Waals surface area contributed by atoms with Crippen molar-refractivity contribution in [1.29, 1.82) is 0 Å². The van der Waals surface area contributed by atoms with Gasteiger partial charge in [0.25, 0.3) is 0 Å². The van der Waals surface area contributed by atoms with Crippen molar-refractivity contribution in [3.63, 3.8) is 0 Å². The Kier molecular flexibility index (Phi) is 8.88. The highest BCUT2D eigenvalue weighted by atomic mass is 16.5. The van der Waals surface area contributed by atoms with Gasteiger partial charge >= 0.3 is 0 Å². The SMILES string of the molecule is CCCCCOC[C@H](O)COC. The van der Waals surface area contributed by atoms with E-state index in [1.54, 1.807) is 7.11 Å². The predicted octanol–water partition coefficient (Wildman–Crippen LogP) is 1.20. The van der Waals surface area contributed by atoms with Crippen LogP contribution in [0.1, 0.15) is 26.2 Å². The van der Waals surface area contributed by atoms with Gasteiger partial charge in [-0.05, 0) is 6.42 Å². The second-order valence-electron chi connectivity index (χ2n) is 2.89. The van der Waals surface area contributed by atoms with E-state index in [-0.39, 0.29) is 0 Å². The Hall–Kier alpha value is -0.120. The summed E-state index contributed by atoms with van der Waals surface area (Å²) in [6, 6.07) is 0. The first kappa shape index (κ1) is 11.9. The molecule has 12 heavy (non-hydrogen) atoms. The lowest BCUT2D eigenvalue weighted by Crippen LogP contribution is -2.21. The zero-order chi connectivity index (χ0) is 9.23. The lowest BCUT2D eigenvalue weighted by molar-refractivity contribution is -0.00677. The molecule has 0 spiro atoms. The van der Waals surface area contributed by atoms with Crippen LogP contribution in [-0.4, -0.2) is 38.1 Å². The van der Waals surface area contributed by atoms with Gasteiger partial charge in [-0.15, -0.1) is 0 Å². The molecule has 1 N–H and O–H groups in total. The van der Waals surface area contributed by atoms with Crippen molar-refractivity contribution in [2.45, 2.75) is 32.3 Å². The molecule has 0 aliphatic rings. The molecule has 0 radical (unpaired) electrons. The van der Waals surface area contributed by atoms with Crippen LogP contribution >= 0.6 is 0 Å². The lowest BCUT2D eigenvalue weighted by Gasteiger charge is -2.09. The van der Waals surface area contributed by atoms with Crippen LogP contribution in [0, 0.1) is 0 Å². The largest absolute Gasteiger partial charge is 0.388 e. The summed E-state index contributed by atoms with van der Waals surface area (Å²) in [5.41, 5.74) is 0. The third-order valence-electron chi connectivity index (χ3n) is 1.56.